The van der Waals surface area contributed by atoms with Crippen molar-refractivity contribution in [2.75, 3.05) is 12.4 Å². The molecule has 0 unspecified atom stereocenters. The Labute approximate surface area is 138 Å². The summed E-state index contributed by atoms with van der Waals surface area (Å²) >= 11 is 0.980. The lowest BCUT2D eigenvalue weighted by atomic mass is 10.2. The number of rotatable bonds is 3. The fourth-order valence-electron chi connectivity index (χ4n) is 2.15. The molecular weight excluding hydrogens is 341 g/mol. The summed E-state index contributed by atoms with van der Waals surface area (Å²) < 4.78 is 43.7. The van der Waals surface area contributed by atoms with E-state index in [2.05, 4.69) is 10.3 Å². The van der Waals surface area contributed by atoms with Crippen molar-refractivity contribution in [3.05, 3.63) is 53.6 Å². The summed E-state index contributed by atoms with van der Waals surface area (Å²) in [5.74, 6) is -0.0435. The standard InChI is InChI=1S/C16H11F3N2O2S/c1-23-12-5-3-2-4-10(12)14(22)21-15-20-11-7-6-9(16(17,18)19)8-13(11)24-15/h2-8H,1H3,(H,20,21,22). The molecule has 0 saturated carbocycles. The topological polar surface area (TPSA) is 51.2 Å². The summed E-state index contributed by atoms with van der Waals surface area (Å²) in [6, 6.07) is 9.91. The molecule has 0 aliphatic rings. The van der Waals surface area contributed by atoms with E-state index in [1.54, 1.807) is 24.3 Å². The number of nitrogens with zero attached hydrogens (tertiary/aromatic N) is 1. The Hall–Kier alpha value is -2.61. The van der Waals surface area contributed by atoms with Crippen molar-refractivity contribution in [1.82, 2.24) is 4.98 Å². The van der Waals surface area contributed by atoms with E-state index in [4.69, 9.17) is 4.74 Å². The van der Waals surface area contributed by atoms with E-state index in [1.165, 1.54) is 13.2 Å². The molecule has 0 aliphatic carbocycles. The zero-order chi connectivity index (χ0) is 17.3. The number of anilines is 1. The average Bonchev–Trinajstić information content (AvgIpc) is 2.95. The molecule has 1 heterocycles. The highest BCUT2D eigenvalue weighted by atomic mass is 32.1. The fraction of sp³-hybridized carbons (Fsp3) is 0.125. The molecule has 0 saturated heterocycles. The number of aromatic nitrogens is 1. The number of hydrogen-bond donors (Lipinski definition) is 1. The van der Waals surface area contributed by atoms with Gasteiger partial charge in [-0.3, -0.25) is 10.1 Å². The Balaban J connectivity index is 1.89. The first-order valence-electron chi connectivity index (χ1n) is 6.80. The molecular formula is C16H11F3N2O2S. The zero-order valence-corrected chi connectivity index (χ0v) is 13.2. The van der Waals surface area contributed by atoms with Gasteiger partial charge in [0.2, 0.25) is 0 Å². The van der Waals surface area contributed by atoms with Gasteiger partial charge in [0.15, 0.2) is 5.13 Å². The van der Waals surface area contributed by atoms with Crippen LogP contribution in [0.15, 0.2) is 42.5 Å². The average molecular weight is 352 g/mol. The van der Waals surface area contributed by atoms with Crippen LogP contribution < -0.4 is 10.1 Å². The van der Waals surface area contributed by atoms with Crippen LogP contribution in [0.5, 0.6) is 5.75 Å². The number of amides is 1. The minimum atomic E-state index is -4.42. The monoisotopic (exact) mass is 352 g/mol. The van der Waals surface area contributed by atoms with Gasteiger partial charge in [-0.1, -0.05) is 23.5 Å². The Morgan fingerprint density at radius 3 is 2.67 bits per heavy atom. The fourth-order valence-corrected chi connectivity index (χ4v) is 3.05. The first-order chi connectivity index (χ1) is 11.4. The number of carbonyl (C=O) groups excluding carboxylic acids is 1. The van der Waals surface area contributed by atoms with E-state index in [-0.39, 0.29) is 5.13 Å². The molecule has 1 amide bonds. The number of alkyl halides is 3. The Kier molecular flexibility index (Phi) is 4.15. The van der Waals surface area contributed by atoms with E-state index in [0.29, 0.717) is 21.5 Å². The van der Waals surface area contributed by atoms with Crippen molar-refractivity contribution in [2.45, 2.75) is 6.18 Å². The number of carbonyl (C=O) groups is 1. The minimum Gasteiger partial charge on any atom is -0.496 e. The number of benzene rings is 2. The van der Waals surface area contributed by atoms with Crippen LogP contribution in [0.3, 0.4) is 0 Å². The second kappa shape index (κ2) is 6.12. The molecule has 0 atom stereocenters. The highest BCUT2D eigenvalue weighted by Gasteiger charge is 2.30. The maximum Gasteiger partial charge on any atom is 0.416 e. The van der Waals surface area contributed by atoms with Crippen LogP contribution in [-0.4, -0.2) is 18.0 Å². The number of ether oxygens (including phenoxy) is 1. The van der Waals surface area contributed by atoms with Gasteiger partial charge < -0.3 is 4.74 Å². The van der Waals surface area contributed by atoms with Gasteiger partial charge in [0, 0.05) is 0 Å². The molecule has 1 N–H and O–H groups in total. The van der Waals surface area contributed by atoms with Crippen LogP contribution >= 0.6 is 11.3 Å². The van der Waals surface area contributed by atoms with Crippen LogP contribution in [0.2, 0.25) is 0 Å². The van der Waals surface area contributed by atoms with Crippen molar-refractivity contribution in [1.29, 1.82) is 0 Å². The number of halogens is 3. The second-order valence-electron chi connectivity index (χ2n) is 4.85. The summed E-state index contributed by atoms with van der Waals surface area (Å²) in [6.07, 6.45) is -4.42. The van der Waals surface area contributed by atoms with E-state index >= 15 is 0 Å². The number of nitrogens with one attached hydrogen (secondary N) is 1. The lowest BCUT2D eigenvalue weighted by molar-refractivity contribution is -0.137. The number of methoxy groups -OCH3 is 1. The van der Waals surface area contributed by atoms with Gasteiger partial charge in [-0.2, -0.15) is 13.2 Å². The molecule has 8 heteroatoms. The summed E-state index contributed by atoms with van der Waals surface area (Å²) in [4.78, 5) is 16.4. The Morgan fingerprint density at radius 2 is 1.96 bits per heavy atom. The number of fused-ring (bicyclic) bond motifs is 1. The van der Waals surface area contributed by atoms with Crippen LogP contribution in [0.1, 0.15) is 15.9 Å². The van der Waals surface area contributed by atoms with Crippen LogP contribution in [-0.2, 0) is 6.18 Å². The van der Waals surface area contributed by atoms with Gasteiger partial charge in [-0.15, -0.1) is 0 Å². The second-order valence-corrected chi connectivity index (χ2v) is 5.88. The van der Waals surface area contributed by atoms with Gasteiger partial charge in [-0.25, -0.2) is 4.98 Å². The molecule has 4 nitrogen and oxygen atoms in total. The Morgan fingerprint density at radius 1 is 1.21 bits per heavy atom. The predicted octanol–water partition coefficient (Wildman–Crippen LogP) is 4.58. The third-order valence-corrected chi connectivity index (χ3v) is 4.22. The van der Waals surface area contributed by atoms with E-state index in [9.17, 15) is 18.0 Å². The van der Waals surface area contributed by atoms with Gasteiger partial charge in [0.1, 0.15) is 5.75 Å². The third kappa shape index (κ3) is 3.18. The molecule has 0 radical (unpaired) electrons. The number of hydrogen-bond acceptors (Lipinski definition) is 4. The quantitative estimate of drug-likeness (QED) is 0.751. The first kappa shape index (κ1) is 16.3. The molecule has 0 aliphatic heterocycles. The molecule has 0 bridgehead atoms. The first-order valence-corrected chi connectivity index (χ1v) is 7.62. The zero-order valence-electron chi connectivity index (χ0n) is 12.3. The van der Waals surface area contributed by atoms with Gasteiger partial charge in [0.25, 0.3) is 5.91 Å². The molecule has 0 fully saturated rings. The van der Waals surface area contributed by atoms with E-state index < -0.39 is 17.6 Å². The SMILES string of the molecule is COc1ccccc1C(=O)Nc1nc2ccc(C(F)(F)F)cc2s1. The summed E-state index contributed by atoms with van der Waals surface area (Å²) in [6.45, 7) is 0. The van der Waals surface area contributed by atoms with Gasteiger partial charge in [0.05, 0.1) is 28.5 Å². The molecule has 124 valence electrons. The van der Waals surface area contributed by atoms with Crippen LogP contribution in [0.4, 0.5) is 18.3 Å². The van der Waals surface area contributed by atoms with Crippen molar-refractivity contribution < 1.29 is 22.7 Å². The Bertz CT molecular complexity index is 906. The molecule has 2 aromatic carbocycles. The molecule has 0 spiro atoms. The molecule has 24 heavy (non-hydrogen) atoms. The highest BCUT2D eigenvalue weighted by Crippen LogP contribution is 2.34. The van der Waals surface area contributed by atoms with Crippen molar-refractivity contribution >= 4 is 32.6 Å². The molecule has 1 aromatic heterocycles. The predicted molar refractivity (Wildman–Crippen MR) is 85.6 cm³/mol. The highest BCUT2D eigenvalue weighted by molar-refractivity contribution is 7.22. The lowest BCUT2D eigenvalue weighted by Gasteiger charge is -2.06. The molecule has 3 aromatic rings. The smallest absolute Gasteiger partial charge is 0.416 e. The van der Waals surface area contributed by atoms with Crippen LogP contribution in [0, 0.1) is 0 Å². The van der Waals surface area contributed by atoms with Gasteiger partial charge >= 0.3 is 6.18 Å². The summed E-state index contributed by atoms with van der Waals surface area (Å²) in [5, 5.41) is 2.81. The van der Waals surface area contributed by atoms with E-state index in [1.807, 2.05) is 0 Å². The molecule has 3 rings (SSSR count). The van der Waals surface area contributed by atoms with Crippen LogP contribution in [0.25, 0.3) is 10.2 Å². The largest absolute Gasteiger partial charge is 0.496 e. The summed E-state index contributed by atoms with van der Waals surface area (Å²) in [7, 11) is 1.45. The van der Waals surface area contributed by atoms with E-state index in [0.717, 1.165) is 23.5 Å². The summed E-state index contributed by atoms with van der Waals surface area (Å²) in [5.41, 5.74) is -0.0418. The maximum atomic E-state index is 12.7. The minimum absolute atomic E-state index is 0.222. The maximum absolute atomic E-state index is 12.7. The van der Waals surface area contributed by atoms with Gasteiger partial charge in [-0.05, 0) is 30.3 Å². The number of thiazole rings is 1. The lowest BCUT2D eigenvalue weighted by Crippen LogP contribution is -2.12. The third-order valence-electron chi connectivity index (χ3n) is 3.29. The van der Waals surface area contributed by atoms with Crippen molar-refractivity contribution in [2.24, 2.45) is 0 Å². The van der Waals surface area contributed by atoms with Crippen molar-refractivity contribution in [3.63, 3.8) is 0 Å². The number of para-hydroxylation sites is 1. The normalized spacial score (nSPS) is 11.5. The van der Waals surface area contributed by atoms with Crippen molar-refractivity contribution in [3.8, 4) is 5.75 Å².